The first-order valence-electron chi connectivity index (χ1n) is 14.1. The number of nitrogens with zero attached hydrogens (tertiary/aromatic N) is 1. The molecule has 0 saturated carbocycles. The summed E-state index contributed by atoms with van der Waals surface area (Å²) in [4.78, 5) is 40.9. The quantitative estimate of drug-likeness (QED) is 0.274. The van der Waals surface area contributed by atoms with Crippen LogP contribution in [0.25, 0.3) is 0 Å². The van der Waals surface area contributed by atoms with E-state index in [-0.39, 0.29) is 38.5 Å². The monoisotopic (exact) mass is 628 g/mol. The van der Waals surface area contributed by atoms with Gasteiger partial charge in [-0.1, -0.05) is 37.6 Å². The summed E-state index contributed by atoms with van der Waals surface area (Å²) < 4.78 is 28.1. The average molecular weight is 629 g/mol. The first-order chi connectivity index (χ1) is 21.0. The largest absolute Gasteiger partial charge is 0.493 e. The zero-order chi connectivity index (χ0) is 32.0. The maximum atomic E-state index is 14.2. The normalized spacial score (nSPS) is 16.6. The highest BCUT2D eigenvalue weighted by atomic mass is 35.5. The highest BCUT2D eigenvalue weighted by molar-refractivity contribution is 6.30. The minimum Gasteiger partial charge on any atom is -0.493 e. The molecular formula is C32H37ClN2O9. The van der Waals surface area contributed by atoms with Crippen molar-refractivity contribution < 1.29 is 42.9 Å². The number of aliphatic hydroxyl groups excluding tert-OH is 1. The molecule has 0 bridgehead atoms. The molecule has 0 fully saturated rings. The van der Waals surface area contributed by atoms with Crippen LogP contribution in [-0.4, -0.2) is 63.0 Å². The van der Waals surface area contributed by atoms with Gasteiger partial charge in [0.05, 0.1) is 33.8 Å². The van der Waals surface area contributed by atoms with Gasteiger partial charge in [0.2, 0.25) is 11.7 Å². The Bertz CT molecular complexity index is 1500. The van der Waals surface area contributed by atoms with E-state index in [1.165, 1.54) is 25.2 Å². The lowest BCUT2D eigenvalue weighted by Crippen LogP contribution is -2.46. The molecule has 2 amide bonds. The number of amides is 2. The van der Waals surface area contributed by atoms with Crippen LogP contribution in [0.2, 0.25) is 5.02 Å². The number of nitrogens with one attached hydrogen (secondary N) is 1. The minimum absolute atomic E-state index is 0.0204. The van der Waals surface area contributed by atoms with Crippen molar-refractivity contribution in [1.29, 1.82) is 0 Å². The highest BCUT2D eigenvalue weighted by Crippen LogP contribution is 2.45. The number of halogens is 1. The Morgan fingerprint density at radius 3 is 2.55 bits per heavy atom. The predicted octanol–water partition coefficient (Wildman–Crippen LogP) is 4.67. The van der Waals surface area contributed by atoms with Gasteiger partial charge in [-0.3, -0.25) is 9.59 Å². The summed E-state index contributed by atoms with van der Waals surface area (Å²) in [5.41, 5.74) is 0.999. The third kappa shape index (κ3) is 7.35. The number of para-hydroxylation sites is 1. The second-order valence-electron chi connectivity index (χ2n) is 11.0. The fraction of sp³-hybridized carbons (Fsp3) is 0.406. The van der Waals surface area contributed by atoms with E-state index in [9.17, 15) is 19.5 Å². The van der Waals surface area contributed by atoms with E-state index in [2.05, 4.69) is 5.32 Å². The van der Waals surface area contributed by atoms with Crippen LogP contribution in [0.4, 0.5) is 5.69 Å². The van der Waals surface area contributed by atoms with Crippen LogP contribution in [0.3, 0.4) is 0 Å². The molecule has 0 aliphatic carbocycles. The van der Waals surface area contributed by atoms with E-state index in [4.69, 9.17) is 35.0 Å². The zero-order valence-electron chi connectivity index (χ0n) is 25.3. The SMILES string of the molecule is CCOC(=O)c1ccc(CNC(=O)C[C@H]2O[C@H](c3cccc(OC)c3OC)c3cc(Cl)ccc3N(CC(C)(C)CO)C2=O)o1. The molecule has 0 unspecified atom stereocenters. The molecular weight excluding hydrogens is 592 g/mol. The molecule has 12 heteroatoms. The standard InChI is InChI=1S/C32H37ClN2O9/c1-6-42-31(39)25-13-11-20(43-25)16-34-27(37)15-26-30(38)35(17-32(2,3)18-36)23-12-10-19(33)14-22(23)28(44-26)21-8-7-9-24(40-4)29(21)41-5/h7-14,26,28,36H,6,15-18H2,1-5H3,(H,34,37)/t26-,28-/m1/s1. The summed E-state index contributed by atoms with van der Waals surface area (Å²) in [7, 11) is 3.02. The Morgan fingerprint density at radius 2 is 1.86 bits per heavy atom. The second kappa shape index (κ2) is 14.1. The summed E-state index contributed by atoms with van der Waals surface area (Å²) in [6, 6.07) is 13.5. The number of carbonyl (C=O) groups excluding carboxylic acids is 3. The molecule has 0 radical (unpaired) electrons. The van der Waals surface area contributed by atoms with Crippen molar-refractivity contribution in [2.45, 2.75) is 45.9 Å². The lowest BCUT2D eigenvalue weighted by Gasteiger charge is -2.32. The van der Waals surface area contributed by atoms with Crippen molar-refractivity contribution in [2.24, 2.45) is 5.41 Å². The number of hydrogen-bond acceptors (Lipinski definition) is 9. The number of anilines is 1. The molecule has 236 valence electrons. The lowest BCUT2D eigenvalue weighted by molar-refractivity contribution is -0.138. The highest BCUT2D eigenvalue weighted by Gasteiger charge is 2.40. The Labute approximate surface area is 261 Å². The van der Waals surface area contributed by atoms with Crippen molar-refractivity contribution in [1.82, 2.24) is 5.32 Å². The number of ether oxygens (including phenoxy) is 4. The number of fused-ring (bicyclic) bond motifs is 1. The molecule has 2 N–H and O–H groups in total. The topological polar surface area (TPSA) is 137 Å². The fourth-order valence-corrected chi connectivity index (χ4v) is 5.10. The number of aliphatic hydroxyl groups is 1. The van der Waals surface area contributed by atoms with Crippen molar-refractivity contribution >= 4 is 35.1 Å². The maximum absolute atomic E-state index is 14.2. The molecule has 1 aromatic heterocycles. The Hall–Kier alpha value is -4.06. The number of rotatable bonds is 12. The zero-order valence-corrected chi connectivity index (χ0v) is 26.1. The minimum atomic E-state index is -1.23. The molecule has 3 aromatic rings. The van der Waals surface area contributed by atoms with Crippen LogP contribution >= 0.6 is 11.6 Å². The summed E-state index contributed by atoms with van der Waals surface area (Å²) in [6.07, 6.45) is -2.44. The van der Waals surface area contributed by atoms with Crippen molar-refractivity contribution in [3.05, 3.63) is 76.2 Å². The van der Waals surface area contributed by atoms with Crippen molar-refractivity contribution in [2.75, 3.05) is 38.9 Å². The van der Waals surface area contributed by atoms with Crippen LogP contribution in [0.1, 0.15) is 60.7 Å². The van der Waals surface area contributed by atoms with Crippen LogP contribution in [0.15, 0.2) is 52.9 Å². The summed E-state index contributed by atoms with van der Waals surface area (Å²) in [5.74, 6) is -0.334. The lowest BCUT2D eigenvalue weighted by atomic mass is 9.92. The van der Waals surface area contributed by atoms with Crippen LogP contribution in [-0.2, 0) is 25.6 Å². The van der Waals surface area contributed by atoms with Gasteiger partial charge in [0.15, 0.2) is 11.5 Å². The summed E-state index contributed by atoms with van der Waals surface area (Å²) in [6.45, 7) is 5.49. The fourth-order valence-electron chi connectivity index (χ4n) is 4.92. The number of benzene rings is 2. The van der Waals surface area contributed by atoms with E-state index in [0.717, 1.165) is 0 Å². The predicted molar refractivity (Wildman–Crippen MR) is 162 cm³/mol. The molecule has 2 heterocycles. The molecule has 2 aromatic carbocycles. The third-order valence-corrected chi connectivity index (χ3v) is 7.34. The molecule has 44 heavy (non-hydrogen) atoms. The average Bonchev–Trinajstić information content (AvgIpc) is 3.46. The molecule has 2 atom stereocenters. The first-order valence-corrected chi connectivity index (χ1v) is 14.5. The Morgan fingerprint density at radius 1 is 1.09 bits per heavy atom. The summed E-state index contributed by atoms with van der Waals surface area (Å²) >= 11 is 6.46. The molecule has 1 aliphatic rings. The van der Waals surface area contributed by atoms with Gasteiger partial charge < -0.3 is 38.7 Å². The molecule has 0 saturated heterocycles. The Kier molecular flexibility index (Phi) is 10.6. The van der Waals surface area contributed by atoms with Gasteiger partial charge in [-0.25, -0.2) is 4.79 Å². The maximum Gasteiger partial charge on any atom is 0.374 e. The van der Waals surface area contributed by atoms with Gasteiger partial charge >= 0.3 is 5.97 Å². The van der Waals surface area contributed by atoms with Crippen molar-refractivity contribution in [3.63, 3.8) is 0 Å². The smallest absolute Gasteiger partial charge is 0.374 e. The van der Waals surface area contributed by atoms with Gasteiger partial charge in [-0.2, -0.15) is 0 Å². The molecule has 4 rings (SSSR count). The molecule has 0 spiro atoms. The molecule has 1 aliphatic heterocycles. The first kappa shape index (κ1) is 32.8. The number of carbonyl (C=O) groups is 3. The number of hydrogen-bond donors (Lipinski definition) is 2. The van der Waals surface area contributed by atoms with E-state index in [1.54, 1.807) is 49.4 Å². The second-order valence-corrected chi connectivity index (χ2v) is 11.4. The van der Waals surface area contributed by atoms with Crippen LogP contribution < -0.4 is 19.7 Å². The van der Waals surface area contributed by atoms with E-state index in [0.29, 0.717) is 39.1 Å². The Balaban J connectivity index is 1.70. The van der Waals surface area contributed by atoms with Gasteiger partial charge in [0.1, 0.15) is 18.0 Å². The van der Waals surface area contributed by atoms with Gasteiger partial charge in [0, 0.05) is 40.4 Å². The number of furan rings is 1. The van der Waals surface area contributed by atoms with Gasteiger partial charge in [-0.15, -0.1) is 0 Å². The van der Waals surface area contributed by atoms with E-state index >= 15 is 0 Å². The van der Waals surface area contributed by atoms with Gasteiger partial charge in [-0.05, 0) is 43.3 Å². The van der Waals surface area contributed by atoms with E-state index in [1.807, 2.05) is 13.8 Å². The number of methoxy groups -OCH3 is 2. The van der Waals surface area contributed by atoms with Crippen LogP contribution in [0, 0.1) is 5.41 Å². The van der Waals surface area contributed by atoms with Crippen molar-refractivity contribution in [3.8, 4) is 11.5 Å². The van der Waals surface area contributed by atoms with Crippen LogP contribution in [0.5, 0.6) is 11.5 Å². The molecule has 11 nitrogen and oxygen atoms in total. The third-order valence-electron chi connectivity index (χ3n) is 7.10. The van der Waals surface area contributed by atoms with E-state index < -0.39 is 35.4 Å². The van der Waals surface area contributed by atoms with Gasteiger partial charge in [0.25, 0.3) is 5.91 Å². The summed E-state index contributed by atoms with van der Waals surface area (Å²) in [5, 5.41) is 13.2. The number of esters is 1.